The van der Waals surface area contributed by atoms with Crippen molar-refractivity contribution in [3.63, 3.8) is 0 Å². The first-order chi connectivity index (χ1) is 6.77. The largest absolute Gasteiger partial charge is 0.494 e. The predicted molar refractivity (Wildman–Crippen MR) is 59.5 cm³/mol. The summed E-state index contributed by atoms with van der Waals surface area (Å²) in [6.45, 7) is 5.60. The average Bonchev–Trinajstić information content (AvgIpc) is 2.21. The zero-order valence-corrected chi connectivity index (χ0v) is 8.99. The molecule has 1 atom stereocenters. The zero-order valence-electron chi connectivity index (χ0n) is 8.99. The summed E-state index contributed by atoms with van der Waals surface area (Å²) in [6, 6.07) is 8.17. The summed E-state index contributed by atoms with van der Waals surface area (Å²) >= 11 is 0. The first kappa shape index (κ1) is 11.1. The molecule has 1 rings (SSSR count). The average molecular weight is 193 g/mol. The van der Waals surface area contributed by atoms with Gasteiger partial charge in [-0.05, 0) is 37.4 Å². The number of hydrogen-bond acceptors (Lipinski definition) is 2. The van der Waals surface area contributed by atoms with Gasteiger partial charge >= 0.3 is 0 Å². The second kappa shape index (κ2) is 5.66. The van der Waals surface area contributed by atoms with Gasteiger partial charge in [0.1, 0.15) is 5.75 Å². The molecule has 0 heterocycles. The molecule has 0 fully saturated rings. The molecule has 78 valence electrons. The van der Waals surface area contributed by atoms with Gasteiger partial charge < -0.3 is 10.5 Å². The van der Waals surface area contributed by atoms with Gasteiger partial charge in [0, 0.05) is 0 Å². The number of para-hydroxylation sites is 1. The summed E-state index contributed by atoms with van der Waals surface area (Å²) in [5.74, 6) is 1.51. The van der Waals surface area contributed by atoms with Crippen molar-refractivity contribution in [2.75, 3.05) is 13.2 Å². The minimum atomic E-state index is 0.511. The molecule has 0 unspecified atom stereocenters. The van der Waals surface area contributed by atoms with Gasteiger partial charge in [-0.1, -0.05) is 25.1 Å². The molecule has 2 nitrogen and oxygen atoms in total. The van der Waals surface area contributed by atoms with Crippen LogP contribution in [0.25, 0.3) is 0 Å². The molecule has 0 saturated heterocycles. The summed E-state index contributed by atoms with van der Waals surface area (Å²) in [5, 5.41) is 0. The summed E-state index contributed by atoms with van der Waals surface area (Å²) in [4.78, 5) is 0. The number of benzene rings is 1. The fourth-order valence-electron chi connectivity index (χ4n) is 1.43. The van der Waals surface area contributed by atoms with Crippen LogP contribution in [-0.2, 0) is 6.42 Å². The molecule has 2 N–H and O–H groups in total. The summed E-state index contributed by atoms with van der Waals surface area (Å²) in [6.07, 6.45) is 0.993. The predicted octanol–water partition coefficient (Wildman–Crippen LogP) is 2.22. The monoisotopic (exact) mass is 193 g/mol. The van der Waals surface area contributed by atoms with Crippen LogP contribution in [0.15, 0.2) is 24.3 Å². The van der Waals surface area contributed by atoms with Crippen LogP contribution in [0.1, 0.15) is 19.4 Å². The van der Waals surface area contributed by atoms with Gasteiger partial charge in [0.25, 0.3) is 0 Å². The summed E-state index contributed by atoms with van der Waals surface area (Å²) < 4.78 is 5.54. The maximum absolute atomic E-state index is 5.60. The summed E-state index contributed by atoms with van der Waals surface area (Å²) in [7, 11) is 0. The standard InChI is InChI=1S/C12H19NO/c1-3-14-12-7-5-4-6-11(12)8-10(2)9-13/h4-7,10H,3,8-9,13H2,1-2H3/t10-/m0/s1. The fourth-order valence-corrected chi connectivity index (χ4v) is 1.43. The highest BCUT2D eigenvalue weighted by atomic mass is 16.5. The molecule has 0 amide bonds. The van der Waals surface area contributed by atoms with E-state index in [1.807, 2.05) is 25.1 Å². The molecule has 0 aliphatic carbocycles. The Labute approximate surface area is 86.1 Å². The summed E-state index contributed by atoms with van der Waals surface area (Å²) in [5.41, 5.74) is 6.86. The van der Waals surface area contributed by atoms with E-state index < -0.39 is 0 Å². The van der Waals surface area contributed by atoms with E-state index in [2.05, 4.69) is 13.0 Å². The van der Waals surface area contributed by atoms with E-state index in [1.54, 1.807) is 0 Å². The number of nitrogens with two attached hydrogens (primary N) is 1. The molecule has 0 saturated carbocycles. The molecule has 1 aromatic carbocycles. The lowest BCUT2D eigenvalue weighted by Crippen LogP contribution is -2.13. The van der Waals surface area contributed by atoms with Gasteiger partial charge in [-0.3, -0.25) is 0 Å². The molecule has 0 aromatic heterocycles. The topological polar surface area (TPSA) is 35.2 Å². The van der Waals surface area contributed by atoms with E-state index in [0.29, 0.717) is 12.5 Å². The highest BCUT2D eigenvalue weighted by Gasteiger charge is 2.06. The van der Waals surface area contributed by atoms with Crippen molar-refractivity contribution in [2.24, 2.45) is 11.7 Å². The van der Waals surface area contributed by atoms with E-state index in [0.717, 1.165) is 18.7 Å². The van der Waals surface area contributed by atoms with Gasteiger partial charge in [0.05, 0.1) is 6.61 Å². The highest BCUT2D eigenvalue weighted by molar-refractivity contribution is 5.33. The normalized spacial score (nSPS) is 12.5. The van der Waals surface area contributed by atoms with Gasteiger partial charge in [-0.2, -0.15) is 0 Å². The first-order valence-electron chi connectivity index (χ1n) is 5.18. The Morgan fingerprint density at radius 1 is 1.36 bits per heavy atom. The van der Waals surface area contributed by atoms with E-state index in [-0.39, 0.29) is 0 Å². The Kier molecular flexibility index (Phi) is 4.47. The van der Waals surface area contributed by atoms with Crippen molar-refractivity contribution in [3.8, 4) is 5.75 Å². The second-order valence-electron chi connectivity index (χ2n) is 3.59. The quantitative estimate of drug-likeness (QED) is 0.778. The van der Waals surface area contributed by atoms with E-state index in [4.69, 9.17) is 10.5 Å². The van der Waals surface area contributed by atoms with Gasteiger partial charge in [-0.25, -0.2) is 0 Å². The minimum Gasteiger partial charge on any atom is -0.494 e. The third-order valence-corrected chi connectivity index (χ3v) is 2.24. The maximum atomic E-state index is 5.60. The number of ether oxygens (including phenoxy) is 1. The Morgan fingerprint density at radius 3 is 2.71 bits per heavy atom. The molecule has 1 aromatic rings. The van der Waals surface area contributed by atoms with Gasteiger partial charge in [0.2, 0.25) is 0 Å². The fraction of sp³-hybridized carbons (Fsp3) is 0.500. The Hall–Kier alpha value is -1.02. The third-order valence-electron chi connectivity index (χ3n) is 2.24. The second-order valence-corrected chi connectivity index (χ2v) is 3.59. The van der Waals surface area contributed by atoms with Crippen molar-refractivity contribution < 1.29 is 4.74 Å². The molecule has 2 heteroatoms. The molecule has 0 aliphatic heterocycles. The lowest BCUT2D eigenvalue weighted by Gasteiger charge is -2.12. The molecular formula is C12H19NO. The van der Waals surface area contributed by atoms with E-state index >= 15 is 0 Å². The highest BCUT2D eigenvalue weighted by Crippen LogP contribution is 2.20. The van der Waals surface area contributed by atoms with E-state index in [9.17, 15) is 0 Å². The van der Waals surface area contributed by atoms with Crippen molar-refractivity contribution in [1.82, 2.24) is 0 Å². The SMILES string of the molecule is CCOc1ccccc1C[C@H](C)CN. The van der Waals surface area contributed by atoms with Crippen LogP contribution in [0.5, 0.6) is 5.75 Å². The Morgan fingerprint density at radius 2 is 2.07 bits per heavy atom. The van der Waals surface area contributed by atoms with Crippen molar-refractivity contribution >= 4 is 0 Å². The van der Waals surface area contributed by atoms with Crippen molar-refractivity contribution in [2.45, 2.75) is 20.3 Å². The Balaban J connectivity index is 2.73. The molecule has 0 radical (unpaired) electrons. The van der Waals surface area contributed by atoms with Crippen LogP contribution in [0.4, 0.5) is 0 Å². The lowest BCUT2D eigenvalue weighted by atomic mass is 10.0. The van der Waals surface area contributed by atoms with Crippen LogP contribution in [0.2, 0.25) is 0 Å². The van der Waals surface area contributed by atoms with E-state index in [1.165, 1.54) is 5.56 Å². The zero-order chi connectivity index (χ0) is 10.4. The number of hydrogen-bond donors (Lipinski definition) is 1. The molecular weight excluding hydrogens is 174 g/mol. The third kappa shape index (κ3) is 3.04. The Bertz CT molecular complexity index is 273. The number of rotatable bonds is 5. The van der Waals surface area contributed by atoms with Crippen LogP contribution < -0.4 is 10.5 Å². The van der Waals surface area contributed by atoms with Crippen molar-refractivity contribution in [1.29, 1.82) is 0 Å². The molecule has 0 aliphatic rings. The molecule has 0 spiro atoms. The molecule has 14 heavy (non-hydrogen) atoms. The first-order valence-corrected chi connectivity index (χ1v) is 5.18. The van der Waals surface area contributed by atoms with Crippen LogP contribution in [0, 0.1) is 5.92 Å². The van der Waals surface area contributed by atoms with Gasteiger partial charge in [-0.15, -0.1) is 0 Å². The van der Waals surface area contributed by atoms with Crippen LogP contribution >= 0.6 is 0 Å². The maximum Gasteiger partial charge on any atom is 0.122 e. The van der Waals surface area contributed by atoms with Crippen LogP contribution in [-0.4, -0.2) is 13.2 Å². The van der Waals surface area contributed by atoms with Gasteiger partial charge in [0.15, 0.2) is 0 Å². The lowest BCUT2D eigenvalue weighted by molar-refractivity contribution is 0.334. The minimum absolute atomic E-state index is 0.511. The van der Waals surface area contributed by atoms with Crippen LogP contribution in [0.3, 0.4) is 0 Å². The molecule has 0 bridgehead atoms. The van der Waals surface area contributed by atoms with Crippen molar-refractivity contribution in [3.05, 3.63) is 29.8 Å². The smallest absolute Gasteiger partial charge is 0.122 e.